The van der Waals surface area contributed by atoms with E-state index in [1.54, 1.807) is 32.4 Å². The first-order valence-electron chi connectivity index (χ1n) is 13.4. The molecule has 0 bridgehead atoms. The van der Waals surface area contributed by atoms with E-state index in [0.717, 1.165) is 12.0 Å². The molecule has 1 aromatic carbocycles. The van der Waals surface area contributed by atoms with Gasteiger partial charge >= 0.3 is 6.09 Å². The minimum absolute atomic E-state index is 0.00274. The van der Waals surface area contributed by atoms with Gasteiger partial charge in [-0.1, -0.05) is 32.1 Å². The van der Waals surface area contributed by atoms with Crippen molar-refractivity contribution in [2.24, 2.45) is 5.92 Å². The van der Waals surface area contributed by atoms with E-state index in [0.29, 0.717) is 22.9 Å². The molecule has 0 unspecified atom stereocenters. The Balaban J connectivity index is 1.76. The van der Waals surface area contributed by atoms with E-state index < -0.39 is 23.6 Å². The van der Waals surface area contributed by atoms with Crippen LogP contribution in [0.25, 0.3) is 11.1 Å². The molecular formula is C29H37N5O7. The Kier molecular flexibility index (Phi) is 11.2. The van der Waals surface area contributed by atoms with Crippen molar-refractivity contribution < 1.29 is 28.6 Å². The van der Waals surface area contributed by atoms with E-state index in [9.17, 15) is 19.2 Å². The molecule has 0 saturated carbocycles. The van der Waals surface area contributed by atoms with Crippen molar-refractivity contribution in [2.75, 3.05) is 32.6 Å². The number of carbonyl (C=O) groups excluding carboxylic acids is 3. The number of aliphatic hydroxyl groups excluding tert-OH is 1. The number of rotatable bonds is 13. The van der Waals surface area contributed by atoms with Gasteiger partial charge in [0, 0.05) is 20.3 Å². The standard InChI is InChI=1S/C29H37N5O7/c1-19(2)17-20-9-7-11-21-26(20)41-24(30-21)18-34-14-8-12-23(28(34)38)31-27(37)22(32-29(39)40-16-15-35)10-5-6-13-25(36)33(3)4/h6-9,11-14,19,22,35H,5,10,15-18H2,1-4H3,(H,31,37)(H,32,39)/b13-6+/t22-/m0/s1. The molecule has 1 atom stereocenters. The van der Waals surface area contributed by atoms with Crippen LogP contribution in [0.4, 0.5) is 10.5 Å². The highest BCUT2D eigenvalue weighted by Crippen LogP contribution is 2.23. The van der Waals surface area contributed by atoms with Gasteiger partial charge in [0.1, 0.15) is 30.4 Å². The second-order valence-electron chi connectivity index (χ2n) is 10.1. The molecular weight excluding hydrogens is 530 g/mol. The summed E-state index contributed by atoms with van der Waals surface area (Å²) >= 11 is 0. The van der Waals surface area contributed by atoms with Crippen molar-refractivity contribution in [3.8, 4) is 0 Å². The van der Waals surface area contributed by atoms with Crippen LogP contribution < -0.4 is 16.2 Å². The van der Waals surface area contributed by atoms with Crippen molar-refractivity contribution in [2.45, 2.75) is 45.7 Å². The first-order chi connectivity index (χ1) is 19.6. The fourth-order valence-corrected chi connectivity index (χ4v) is 4.03. The molecule has 0 radical (unpaired) electrons. The molecule has 0 saturated heterocycles. The van der Waals surface area contributed by atoms with Gasteiger partial charge < -0.3 is 34.4 Å². The Morgan fingerprint density at radius 1 is 1.20 bits per heavy atom. The lowest BCUT2D eigenvalue weighted by molar-refractivity contribution is -0.123. The largest absolute Gasteiger partial charge is 0.447 e. The summed E-state index contributed by atoms with van der Waals surface area (Å²) < 4.78 is 12.2. The molecule has 12 heteroatoms. The van der Waals surface area contributed by atoms with Crippen molar-refractivity contribution in [3.05, 3.63) is 70.5 Å². The Hall–Kier alpha value is -4.45. The number of oxazole rings is 1. The predicted molar refractivity (Wildman–Crippen MR) is 153 cm³/mol. The highest BCUT2D eigenvalue weighted by molar-refractivity contribution is 5.96. The number of aliphatic hydroxyl groups is 1. The summed E-state index contributed by atoms with van der Waals surface area (Å²) in [6.07, 6.45) is 4.87. The van der Waals surface area contributed by atoms with E-state index in [-0.39, 0.29) is 44.2 Å². The third kappa shape index (κ3) is 9.04. The van der Waals surface area contributed by atoms with Gasteiger partial charge in [0.25, 0.3) is 5.56 Å². The number of ether oxygens (including phenoxy) is 1. The fraction of sp³-hybridized carbons (Fsp3) is 0.414. The van der Waals surface area contributed by atoms with Gasteiger partial charge in [-0.15, -0.1) is 0 Å². The van der Waals surface area contributed by atoms with Gasteiger partial charge in [-0.25, -0.2) is 9.78 Å². The predicted octanol–water partition coefficient (Wildman–Crippen LogP) is 2.69. The third-order valence-corrected chi connectivity index (χ3v) is 6.01. The number of anilines is 1. The molecule has 0 aliphatic heterocycles. The number of fused-ring (bicyclic) bond motifs is 1. The topological polar surface area (TPSA) is 156 Å². The van der Waals surface area contributed by atoms with E-state index in [1.165, 1.54) is 21.6 Å². The number of hydrogen-bond donors (Lipinski definition) is 3. The van der Waals surface area contributed by atoms with E-state index in [4.69, 9.17) is 14.3 Å². The van der Waals surface area contributed by atoms with Crippen molar-refractivity contribution in [1.82, 2.24) is 19.8 Å². The number of nitrogens with one attached hydrogen (secondary N) is 2. The van der Waals surface area contributed by atoms with Crippen LogP contribution in [-0.4, -0.2) is 70.8 Å². The van der Waals surface area contributed by atoms with Crippen LogP contribution >= 0.6 is 0 Å². The minimum Gasteiger partial charge on any atom is -0.447 e. The normalized spacial score (nSPS) is 12.0. The molecule has 3 rings (SSSR count). The zero-order chi connectivity index (χ0) is 29.9. The molecule has 0 spiro atoms. The van der Waals surface area contributed by atoms with Crippen LogP contribution in [0.15, 0.2) is 57.9 Å². The lowest BCUT2D eigenvalue weighted by atomic mass is 10.0. The molecule has 0 fully saturated rings. The number of nitrogens with zero attached hydrogens (tertiary/aromatic N) is 3. The van der Waals surface area contributed by atoms with Gasteiger partial charge in [-0.3, -0.25) is 14.4 Å². The number of benzene rings is 1. The number of alkyl carbamates (subject to hydrolysis) is 1. The monoisotopic (exact) mass is 567 g/mol. The molecule has 41 heavy (non-hydrogen) atoms. The summed E-state index contributed by atoms with van der Waals surface area (Å²) in [7, 11) is 3.23. The minimum atomic E-state index is -1.08. The summed E-state index contributed by atoms with van der Waals surface area (Å²) in [5, 5.41) is 13.9. The Morgan fingerprint density at radius 2 is 1.98 bits per heavy atom. The second kappa shape index (κ2) is 14.8. The first kappa shape index (κ1) is 31.1. The fourth-order valence-electron chi connectivity index (χ4n) is 4.03. The Morgan fingerprint density at radius 3 is 2.68 bits per heavy atom. The molecule has 3 N–H and O–H groups in total. The quantitative estimate of drug-likeness (QED) is 0.266. The van der Waals surface area contributed by atoms with Crippen LogP contribution in [0.5, 0.6) is 0 Å². The third-order valence-electron chi connectivity index (χ3n) is 6.01. The number of allylic oxidation sites excluding steroid dienone is 1. The number of likely N-dealkylation sites (N-methyl/N-ethyl adjacent to an activating group) is 1. The zero-order valence-electron chi connectivity index (χ0n) is 23.8. The van der Waals surface area contributed by atoms with Crippen LogP contribution in [0.1, 0.15) is 38.1 Å². The summed E-state index contributed by atoms with van der Waals surface area (Å²) in [6, 6.07) is 7.77. The number of para-hydroxylation sites is 1. The van der Waals surface area contributed by atoms with Crippen LogP contribution in [0.3, 0.4) is 0 Å². The first-order valence-corrected chi connectivity index (χ1v) is 13.4. The molecule has 0 aliphatic rings. The van der Waals surface area contributed by atoms with E-state index in [1.807, 2.05) is 18.2 Å². The average Bonchev–Trinajstić information content (AvgIpc) is 3.34. The maximum atomic E-state index is 13.2. The molecule has 2 heterocycles. The van der Waals surface area contributed by atoms with Crippen LogP contribution in [-0.2, 0) is 27.3 Å². The molecule has 220 valence electrons. The number of hydrogen-bond acceptors (Lipinski definition) is 8. The van der Waals surface area contributed by atoms with Gasteiger partial charge in [0.05, 0.1) is 6.61 Å². The summed E-state index contributed by atoms with van der Waals surface area (Å²) in [6.45, 7) is 3.68. The Bertz CT molecular complexity index is 1440. The summed E-state index contributed by atoms with van der Waals surface area (Å²) in [4.78, 5) is 56.1. The smallest absolute Gasteiger partial charge is 0.407 e. The molecule has 12 nitrogen and oxygen atoms in total. The Labute approximate surface area is 238 Å². The van der Waals surface area contributed by atoms with Crippen molar-refractivity contribution >= 4 is 34.7 Å². The summed E-state index contributed by atoms with van der Waals surface area (Å²) in [5.41, 5.74) is 1.96. The maximum absolute atomic E-state index is 13.2. The van der Waals surface area contributed by atoms with Crippen molar-refractivity contribution in [1.29, 1.82) is 0 Å². The molecule has 2 aromatic heterocycles. The van der Waals surface area contributed by atoms with Crippen LogP contribution in [0, 0.1) is 5.92 Å². The number of amides is 3. The maximum Gasteiger partial charge on any atom is 0.407 e. The van der Waals surface area contributed by atoms with Gasteiger partial charge in [-0.05, 0) is 55.0 Å². The van der Waals surface area contributed by atoms with Crippen molar-refractivity contribution in [3.63, 3.8) is 0 Å². The number of pyridine rings is 1. The zero-order valence-corrected chi connectivity index (χ0v) is 23.8. The van der Waals surface area contributed by atoms with Crippen LogP contribution in [0.2, 0.25) is 0 Å². The molecule has 3 amide bonds. The van der Waals surface area contributed by atoms with Gasteiger partial charge in [0.2, 0.25) is 17.7 Å². The van der Waals surface area contributed by atoms with E-state index >= 15 is 0 Å². The number of carbonyl (C=O) groups is 3. The SMILES string of the molecule is CC(C)Cc1cccc2nc(Cn3cccc(NC(=O)[C@H](CC/C=C/C(=O)N(C)C)NC(=O)OCCO)c3=O)oc12. The lowest BCUT2D eigenvalue weighted by Gasteiger charge is -2.18. The molecule has 3 aromatic rings. The lowest BCUT2D eigenvalue weighted by Crippen LogP contribution is -2.45. The highest BCUT2D eigenvalue weighted by atomic mass is 16.6. The second-order valence-corrected chi connectivity index (χ2v) is 10.1. The van der Waals surface area contributed by atoms with Gasteiger partial charge in [0.15, 0.2) is 5.58 Å². The highest BCUT2D eigenvalue weighted by Gasteiger charge is 2.22. The van der Waals surface area contributed by atoms with Gasteiger partial charge in [-0.2, -0.15) is 0 Å². The average molecular weight is 568 g/mol. The summed E-state index contributed by atoms with van der Waals surface area (Å²) in [5.74, 6) is -0.0787. The number of aromatic nitrogens is 2. The van der Waals surface area contributed by atoms with E-state index in [2.05, 4.69) is 29.5 Å². The molecule has 0 aliphatic carbocycles.